The van der Waals surface area contributed by atoms with Crippen LogP contribution in [-0.2, 0) is 9.53 Å². The molecule has 5 heteroatoms. The Balaban J connectivity index is 2.73. The lowest BCUT2D eigenvalue weighted by molar-refractivity contribution is -0.138. The molecular weight excluding hydrogens is 220 g/mol. The fourth-order valence-corrected chi connectivity index (χ4v) is 1.31. The van der Waals surface area contributed by atoms with Crippen LogP contribution in [0.1, 0.15) is 23.8 Å². The van der Waals surface area contributed by atoms with E-state index in [1.54, 1.807) is 37.2 Å². The number of rotatable bonds is 5. The van der Waals surface area contributed by atoms with Crippen molar-refractivity contribution in [3.8, 4) is 0 Å². The highest BCUT2D eigenvalue weighted by Gasteiger charge is 2.09. The van der Waals surface area contributed by atoms with Crippen LogP contribution in [0.2, 0.25) is 0 Å². The monoisotopic (exact) mass is 236 g/mol. The van der Waals surface area contributed by atoms with Gasteiger partial charge in [0.15, 0.2) is 5.78 Å². The van der Waals surface area contributed by atoms with E-state index in [4.69, 9.17) is 0 Å². The number of methoxy groups -OCH3 is 1. The maximum absolute atomic E-state index is 11.4. The maximum atomic E-state index is 11.4. The van der Waals surface area contributed by atoms with E-state index >= 15 is 0 Å². The molecule has 1 aromatic rings. The summed E-state index contributed by atoms with van der Waals surface area (Å²) < 4.78 is 4.57. The molecule has 1 rings (SSSR count). The normalized spacial score (nSPS) is 9.82. The van der Waals surface area contributed by atoms with Gasteiger partial charge in [-0.3, -0.25) is 14.6 Å². The first kappa shape index (κ1) is 13.2. The average molecular weight is 236 g/mol. The number of likely N-dealkylation sites (N-methyl/N-ethyl adjacent to an activating group) is 1. The zero-order chi connectivity index (χ0) is 12.8. The van der Waals surface area contributed by atoms with Crippen LogP contribution >= 0.6 is 0 Å². The van der Waals surface area contributed by atoms with Crippen LogP contribution in [0.15, 0.2) is 18.3 Å². The first-order chi connectivity index (χ1) is 8.08. The second-order valence-corrected chi connectivity index (χ2v) is 3.61. The molecule has 0 spiro atoms. The zero-order valence-electron chi connectivity index (χ0n) is 10.3. The Labute approximate surface area is 100 Å². The van der Waals surface area contributed by atoms with Gasteiger partial charge in [-0.05, 0) is 12.1 Å². The summed E-state index contributed by atoms with van der Waals surface area (Å²) in [6.07, 6.45) is 2.01. The zero-order valence-corrected chi connectivity index (χ0v) is 10.3. The Bertz CT molecular complexity index is 401. The van der Waals surface area contributed by atoms with Crippen molar-refractivity contribution in [2.45, 2.75) is 13.3 Å². The molecule has 0 aliphatic rings. The number of carbonyl (C=O) groups excluding carboxylic acids is 2. The van der Waals surface area contributed by atoms with Gasteiger partial charge in [0.25, 0.3) is 0 Å². The lowest BCUT2D eigenvalue weighted by atomic mass is 10.2. The average Bonchev–Trinajstić information content (AvgIpc) is 2.37. The quantitative estimate of drug-likeness (QED) is 0.569. The van der Waals surface area contributed by atoms with E-state index < -0.39 is 0 Å². The largest absolute Gasteiger partial charge is 0.468 e. The van der Waals surface area contributed by atoms with Crippen LogP contribution < -0.4 is 4.90 Å². The molecule has 0 atom stereocenters. The first-order valence-corrected chi connectivity index (χ1v) is 5.35. The number of anilines is 1. The molecule has 5 nitrogen and oxygen atoms in total. The van der Waals surface area contributed by atoms with Crippen molar-refractivity contribution in [2.75, 3.05) is 25.6 Å². The minimum atomic E-state index is -0.318. The summed E-state index contributed by atoms with van der Waals surface area (Å²) in [5, 5.41) is 0. The fraction of sp³-hybridized carbons (Fsp3) is 0.417. The SMILES string of the molecule is CCC(=O)c1ccc(N(C)CC(=O)OC)cn1. The molecule has 0 saturated carbocycles. The number of aromatic nitrogens is 1. The molecule has 0 aromatic carbocycles. The second-order valence-electron chi connectivity index (χ2n) is 3.61. The van der Waals surface area contributed by atoms with E-state index in [1.165, 1.54) is 7.11 Å². The first-order valence-electron chi connectivity index (χ1n) is 5.35. The molecule has 17 heavy (non-hydrogen) atoms. The standard InChI is InChI=1S/C12H16N2O3/c1-4-11(15)10-6-5-9(7-13-10)14(2)8-12(16)17-3/h5-7H,4,8H2,1-3H3. The Morgan fingerprint density at radius 3 is 2.59 bits per heavy atom. The van der Waals surface area contributed by atoms with Crippen molar-refractivity contribution in [2.24, 2.45) is 0 Å². The number of pyridine rings is 1. The van der Waals surface area contributed by atoms with Crippen molar-refractivity contribution in [1.29, 1.82) is 0 Å². The van der Waals surface area contributed by atoms with E-state index in [2.05, 4.69) is 9.72 Å². The van der Waals surface area contributed by atoms with Crippen molar-refractivity contribution in [1.82, 2.24) is 4.98 Å². The van der Waals surface area contributed by atoms with Crippen molar-refractivity contribution < 1.29 is 14.3 Å². The predicted octanol–water partition coefficient (Wildman–Crippen LogP) is 1.28. The molecule has 0 fully saturated rings. The summed E-state index contributed by atoms with van der Waals surface area (Å²) in [4.78, 5) is 28.2. The van der Waals surface area contributed by atoms with Crippen LogP contribution in [0.5, 0.6) is 0 Å². The molecule has 0 unspecified atom stereocenters. The van der Waals surface area contributed by atoms with Crippen LogP contribution in [0.25, 0.3) is 0 Å². The number of ether oxygens (including phenoxy) is 1. The van der Waals surface area contributed by atoms with E-state index in [9.17, 15) is 9.59 Å². The van der Waals surface area contributed by atoms with Gasteiger partial charge in [0.05, 0.1) is 19.0 Å². The number of hydrogen-bond donors (Lipinski definition) is 0. The van der Waals surface area contributed by atoms with E-state index in [-0.39, 0.29) is 18.3 Å². The van der Waals surface area contributed by atoms with Gasteiger partial charge in [-0.25, -0.2) is 0 Å². The van der Waals surface area contributed by atoms with Crippen LogP contribution in [0, 0.1) is 0 Å². The van der Waals surface area contributed by atoms with Gasteiger partial charge in [-0.2, -0.15) is 0 Å². The van der Waals surface area contributed by atoms with Crippen molar-refractivity contribution in [3.63, 3.8) is 0 Å². The topological polar surface area (TPSA) is 59.5 Å². The van der Waals surface area contributed by atoms with E-state index in [1.807, 2.05) is 0 Å². The Kier molecular flexibility index (Phi) is 4.63. The molecule has 92 valence electrons. The van der Waals surface area contributed by atoms with Gasteiger partial charge in [0, 0.05) is 13.5 Å². The molecule has 0 amide bonds. The summed E-state index contributed by atoms with van der Waals surface area (Å²) in [5.74, 6) is -0.312. The Morgan fingerprint density at radius 2 is 2.12 bits per heavy atom. The molecule has 1 aromatic heterocycles. The van der Waals surface area contributed by atoms with Gasteiger partial charge < -0.3 is 9.64 Å². The second kappa shape index (κ2) is 5.98. The van der Waals surface area contributed by atoms with E-state index in [0.29, 0.717) is 12.1 Å². The summed E-state index contributed by atoms with van der Waals surface area (Å²) >= 11 is 0. The maximum Gasteiger partial charge on any atom is 0.325 e. The van der Waals surface area contributed by atoms with Gasteiger partial charge >= 0.3 is 5.97 Å². The number of esters is 1. The number of hydrogen-bond acceptors (Lipinski definition) is 5. The molecule has 0 aliphatic heterocycles. The molecule has 0 N–H and O–H groups in total. The van der Waals surface area contributed by atoms with Crippen LogP contribution in [0.4, 0.5) is 5.69 Å². The minimum Gasteiger partial charge on any atom is -0.468 e. The third-order valence-electron chi connectivity index (χ3n) is 2.39. The van der Waals surface area contributed by atoms with E-state index in [0.717, 1.165) is 5.69 Å². The number of carbonyl (C=O) groups is 2. The Hall–Kier alpha value is -1.91. The molecule has 0 radical (unpaired) electrons. The third kappa shape index (κ3) is 3.55. The molecule has 1 heterocycles. The summed E-state index contributed by atoms with van der Waals surface area (Å²) in [5.41, 5.74) is 1.21. The van der Waals surface area contributed by atoms with Crippen molar-refractivity contribution in [3.05, 3.63) is 24.0 Å². The summed E-state index contributed by atoms with van der Waals surface area (Å²) in [6.45, 7) is 1.94. The Morgan fingerprint density at radius 1 is 1.41 bits per heavy atom. The number of ketones is 1. The minimum absolute atomic E-state index is 0.00664. The highest BCUT2D eigenvalue weighted by atomic mass is 16.5. The van der Waals surface area contributed by atoms with Gasteiger partial charge in [0.2, 0.25) is 0 Å². The van der Waals surface area contributed by atoms with Gasteiger partial charge in [0.1, 0.15) is 12.2 Å². The number of Topliss-reactive ketones (excluding diaryl/α,β-unsaturated/α-hetero) is 1. The molecule has 0 bridgehead atoms. The number of nitrogens with zero attached hydrogens (tertiary/aromatic N) is 2. The lowest BCUT2D eigenvalue weighted by Crippen LogP contribution is -2.26. The van der Waals surface area contributed by atoms with Gasteiger partial charge in [-0.1, -0.05) is 6.92 Å². The van der Waals surface area contributed by atoms with Gasteiger partial charge in [-0.15, -0.1) is 0 Å². The molecule has 0 aliphatic carbocycles. The third-order valence-corrected chi connectivity index (χ3v) is 2.39. The predicted molar refractivity (Wildman–Crippen MR) is 64.1 cm³/mol. The van der Waals surface area contributed by atoms with Crippen LogP contribution in [0.3, 0.4) is 0 Å². The molecular formula is C12H16N2O3. The summed E-state index contributed by atoms with van der Waals surface area (Å²) in [7, 11) is 3.10. The van der Waals surface area contributed by atoms with Crippen molar-refractivity contribution >= 4 is 17.4 Å². The lowest BCUT2D eigenvalue weighted by Gasteiger charge is -2.17. The molecule has 0 saturated heterocycles. The highest BCUT2D eigenvalue weighted by molar-refractivity contribution is 5.94. The van der Waals surface area contributed by atoms with Crippen LogP contribution in [-0.4, -0.2) is 37.4 Å². The summed E-state index contributed by atoms with van der Waals surface area (Å²) in [6, 6.07) is 3.42. The smallest absolute Gasteiger partial charge is 0.325 e. The fourth-order valence-electron chi connectivity index (χ4n) is 1.31. The highest BCUT2D eigenvalue weighted by Crippen LogP contribution is 2.11.